The van der Waals surface area contributed by atoms with Gasteiger partial charge in [-0.2, -0.15) is 0 Å². The zero-order valence-corrected chi connectivity index (χ0v) is 13.9. The largest absolute Gasteiger partial charge is 0.452 e. The summed E-state index contributed by atoms with van der Waals surface area (Å²) in [7, 11) is 0. The second kappa shape index (κ2) is 5.04. The molecule has 4 nitrogen and oxygen atoms in total. The summed E-state index contributed by atoms with van der Waals surface area (Å²) >= 11 is 0. The lowest BCUT2D eigenvalue weighted by Crippen LogP contribution is -2.58. The molecule has 0 saturated carbocycles. The smallest absolute Gasteiger partial charge is 0.319 e. The molecule has 118 valence electrons. The van der Waals surface area contributed by atoms with E-state index >= 15 is 0 Å². The highest BCUT2D eigenvalue weighted by Gasteiger charge is 2.57. The van der Waals surface area contributed by atoms with Crippen LogP contribution in [0, 0.1) is 24.7 Å². The highest BCUT2D eigenvalue weighted by molar-refractivity contribution is 6.13. The SMILES string of the molecule is Cc1ccc(C(=O)C2OC(=O)C(C)(C)C(=O)C2(C)C)c(C)c1. The first-order chi connectivity index (χ1) is 9.99. The van der Waals surface area contributed by atoms with E-state index in [0.29, 0.717) is 5.56 Å². The molecule has 1 unspecified atom stereocenters. The predicted octanol–water partition coefficient (Wildman–Crippen LogP) is 3.03. The summed E-state index contributed by atoms with van der Waals surface area (Å²) in [5.74, 6) is -1.22. The van der Waals surface area contributed by atoms with Gasteiger partial charge in [-0.15, -0.1) is 0 Å². The molecule has 1 aromatic rings. The Morgan fingerprint density at radius 2 is 1.68 bits per heavy atom. The number of rotatable bonds is 2. The van der Waals surface area contributed by atoms with Crippen LogP contribution in [-0.2, 0) is 14.3 Å². The zero-order chi connectivity index (χ0) is 16.9. The lowest BCUT2D eigenvalue weighted by atomic mass is 9.67. The molecule has 1 heterocycles. The number of ether oxygens (including phenoxy) is 1. The van der Waals surface area contributed by atoms with Crippen molar-refractivity contribution < 1.29 is 19.1 Å². The van der Waals surface area contributed by atoms with Crippen molar-refractivity contribution in [2.75, 3.05) is 0 Å². The van der Waals surface area contributed by atoms with Gasteiger partial charge in [-0.3, -0.25) is 14.4 Å². The van der Waals surface area contributed by atoms with E-state index in [-0.39, 0.29) is 11.6 Å². The third-order valence-electron chi connectivity index (χ3n) is 4.43. The molecule has 1 aromatic carbocycles. The molecule has 0 amide bonds. The Labute approximate surface area is 130 Å². The Balaban J connectivity index is 2.45. The fourth-order valence-corrected chi connectivity index (χ4v) is 3.03. The number of carbonyl (C=O) groups excluding carboxylic acids is 3. The fourth-order valence-electron chi connectivity index (χ4n) is 3.03. The molecule has 1 aliphatic rings. The molecular weight excluding hydrogens is 280 g/mol. The Hall–Kier alpha value is -1.97. The van der Waals surface area contributed by atoms with Crippen molar-refractivity contribution >= 4 is 17.5 Å². The molecule has 0 N–H and O–H groups in total. The van der Waals surface area contributed by atoms with Gasteiger partial charge in [-0.05, 0) is 47.1 Å². The minimum atomic E-state index is -1.22. The molecule has 22 heavy (non-hydrogen) atoms. The second-order valence-corrected chi connectivity index (χ2v) is 7.14. The third-order valence-corrected chi connectivity index (χ3v) is 4.43. The first-order valence-electron chi connectivity index (χ1n) is 7.37. The molecular formula is C18H22O4. The summed E-state index contributed by atoms with van der Waals surface area (Å²) in [4.78, 5) is 37.5. The van der Waals surface area contributed by atoms with Gasteiger partial charge in [-0.25, -0.2) is 0 Å². The maximum atomic E-state index is 12.8. The van der Waals surface area contributed by atoms with Crippen molar-refractivity contribution in [2.45, 2.75) is 47.6 Å². The van der Waals surface area contributed by atoms with Crippen molar-refractivity contribution in [3.8, 4) is 0 Å². The van der Waals surface area contributed by atoms with Gasteiger partial charge < -0.3 is 4.74 Å². The second-order valence-electron chi connectivity index (χ2n) is 7.14. The fraction of sp³-hybridized carbons (Fsp3) is 0.500. The molecule has 0 radical (unpaired) electrons. The number of hydrogen-bond donors (Lipinski definition) is 0. The van der Waals surface area contributed by atoms with E-state index < -0.39 is 22.9 Å². The highest BCUT2D eigenvalue weighted by atomic mass is 16.6. The summed E-state index contributed by atoms with van der Waals surface area (Å²) in [6.45, 7) is 10.2. The molecule has 0 aromatic heterocycles. The molecule has 1 fully saturated rings. The van der Waals surface area contributed by atoms with Gasteiger partial charge in [-0.1, -0.05) is 23.8 Å². The molecule has 1 saturated heterocycles. The first kappa shape index (κ1) is 16.4. The van der Waals surface area contributed by atoms with Gasteiger partial charge in [0, 0.05) is 5.56 Å². The quantitative estimate of drug-likeness (QED) is 0.478. The molecule has 1 atom stereocenters. The van der Waals surface area contributed by atoms with Crippen LogP contribution < -0.4 is 0 Å². The van der Waals surface area contributed by atoms with Crippen molar-refractivity contribution in [1.29, 1.82) is 0 Å². The van der Waals surface area contributed by atoms with Gasteiger partial charge in [0.05, 0.1) is 5.41 Å². The number of benzene rings is 1. The van der Waals surface area contributed by atoms with Crippen LogP contribution in [0.4, 0.5) is 0 Å². The maximum Gasteiger partial charge on any atom is 0.319 e. The van der Waals surface area contributed by atoms with Crippen LogP contribution in [0.15, 0.2) is 18.2 Å². The van der Waals surface area contributed by atoms with Crippen LogP contribution in [0.3, 0.4) is 0 Å². The Morgan fingerprint density at radius 3 is 2.23 bits per heavy atom. The number of hydrogen-bond acceptors (Lipinski definition) is 4. The minimum Gasteiger partial charge on any atom is -0.452 e. The van der Waals surface area contributed by atoms with E-state index in [0.717, 1.165) is 11.1 Å². The summed E-state index contributed by atoms with van der Waals surface area (Å²) in [6.07, 6.45) is -1.08. The summed E-state index contributed by atoms with van der Waals surface area (Å²) in [5, 5.41) is 0. The van der Waals surface area contributed by atoms with Gasteiger partial charge in [0.2, 0.25) is 5.78 Å². The van der Waals surface area contributed by atoms with Gasteiger partial charge in [0.25, 0.3) is 0 Å². The summed E-state index contributed by atoms with van der Waals surface area (Å²) < 4.78 is 5.38. The zero-order valence-electron chi connectivity index (χ0n) is 13.9. The number of ketones is 2. The van der Waals surface area contributed by atoms with Crippen LogP contribution in [-0.4, -0.2) is 23.6 Å². The molecule has 1 aliphatic heterocycles. The number of esters is 1. The third kappa shape index (κ3) is 2.36. The first-order valence-corrected chi connectivity index (χ1v) is 7.37. The standard InChI is InChI=1S/C18H22O4/c1-10-7-8-12(11(2)9-10)13(19)14-17(3,4)15(20)18(5,6)16(21)22-14/h7-9,14H,1-6H3. The van der Waals surface area contributed by atoms with Crippen LogP contribution in [0.25, 0.3) is 0 Å². The van der Waals surface area contributed by atoms with Crippen LogP contribution >= 0.6 is 0 Å². The monoisotopic (exact) mass is 302 g/mol. The molecule has 0 bridgehead atoms. The van der Waals surface area contributed by atoms with E-state index in [1.165, 1.54) is 13.8 Å². The lowest BCUT2D eigenvalue weighted by molar-refractivity contribution is -0.181. The van der Waals surface area contributed by atoms with Gasteiger partial charge >= 0.3 is 5.97 Å². The van der Waals surface area contributed by atoms with E-state index in [1.54, 1.807) is 19.9 Å². The van der Waals surface area contributed by atoms with E-state index in [4.69, 9.17) is 4.74 Å². The molecule has 0 aliphatic carbocycles. The Kier molecular flexibility index (Phi) is 3.76. The van der Waals surface area contributed by atoms with Crippen molar-refractivity contribution in [3.05, 3.63) is 34.9 Å². The minimum absolute atomic E-state index is 0.264. The van der Waals surface area contributed by atoms with Crippen molar-refractivity contribution in [1.82, 2.24) is 0 Å². The number of carbonyl (C=O) groups is 3. The number of aryl methyl sites for hydroxylation is 2. The van der Waals surface area contributed by atoms with Crippen LogP contribution in [0.1, 0.15) is 49.2 Å². The van der Waals surface area contributed by atoms with Gasteiger partial charge in [0.1, 0.15) is 5.41 Å². The lowest BCUT2D eigenvalue weighted by Gasteiger charge is -2.42. The number of Topliss-reactive ketones (excluding diaryl/α,β-unsaturated/α-hetero) is 2. The predicted molar refractivity (Wildman–Crippen MR) is 82.7 cm³/mol. The summed E-state index contributed by atoms with van der Waals surface area (Å²) in [6, 6.07) is 5.46. The molecule has 4 heteroatoms. The van der Waals surface area contributed by atoms with E-state index in [2.05, 4.69) is 0 Å². The molecule has 0 spiro atoms. The average molecular weight is 302 g/mol. The normalized spacial score (nSPS) is 23.1. The van der Waals surface area contributed by atoms with Crippen LogP contribution in [0.2, 0.25) is 0 Å². The van der Waals surface area contributed by atoms with Gasteiger partial charge in [0.15, 0.2) is 11.9 Å². The number of cyclic esters (lactones) is 1. The maximum absolute atomic E-state index is 12.8. The Bertz CT molecular complexity index is 668. The Morgan fingerprint density at radius 1 is 1.09 bits per heavy atom. The summed E-state index contributed by atoms with van der Waals surface area (Å²) in [5.41, 5.74) is 0.0818. The molecule has 2 rings (SSSR count). The van der Waals surface area contributed by atoms with Crippen molar-refractivity contribution in [3.63, 3.8) is 0 Å². The van der Waals surface area contributed by atoms with E-state index in [1.807, 2.05) is 26.0 Å². The highest BCUT2D eigenvalue weighted by Crippen LogP contribution is 2.41. The van der Waals surface area contributed by atoms with Crippen molar-refractivity contribution in [2.24, 2.45) is 10.8 Å². The van der Waals surface area contributed by atoms with E-state index in [9.17, 15) is 14.4 Å². The topological polar surface area (TPSA) is 60.4 Å². The average Bonchev–Trinajstić information content (AvgIpc) is 2.41. The van der Waals surface area contributed by atoms with Crippen LogP contribution in [0.5, 0.6) is 0 Å².